The number of rotatable bonds is 2. The third-order valence-corrected chi connectivity index (χ3v) is 4.50. The number of likely N-dealkylation sites (tertiary alicyclic amines) is 1. The van der Waals surface area contributed by atoms with E-state index < -0.39 is 0 Å². The van der Waals surface area contributed by atoms with Crippen LogP contribution in [-0.2, 0) is 4.79 Å². The van der Waals surface area contributed by atoms with Crippen LogP contribution in [0, 0.1) is 0 Å². The van der Waals surface area contributed by atoms with Gasteiger partial charge >= 0.3 is 0 Å². The van der Waals surface area contributed by atoms with Crippen molar-refractivity contribution in [1.82, 2.24) is 4.90 Å². The minimum Gasteiger partial charge on any atom is -0.334 e. The van der Waals surface area contributed by atoms with Gasteiger partial charge in [0.15, 0.2) is 0 Å². The number of hydrogen-bond acceptors (Lipinski definition) is 1. The van der Waals surface area contributed by atoms with Gasteiger partial charge in [0.1, 0.15) is 0 Å². The highest BCUT2D eigenvalue weighted by Gasteiger charge is 2.27. The third-order valence-electron chi connectivity index (χ3n) is 3.84. The van der Waals surface area contributed by atoms with Gasteiger partial charge in [-0.3, -0.25) is 4.79 Å². The maximum absolute atomic E-state index is 12.4. The lowest BCUT2D eigenvalue weighted by molar-refractivity contribution is -0.131. The maximum Gasteiger partial charge on any atom is 0.247 e. The minimum atomic E-state index is 0.0284. The molecule has 108 valence electrons. The molecule has 0 unspecified atom stereocenters. The van der Waals surface area contributed by atoms with Crippen LogP contribution in [0.15, 0.2) is 24.3 Å². The highest BCUT2D eigenvalue weighted by molar-refractivity contribution is 6.37. The Hall–Kier alpha value is -0.990. The van der Waals surface area contributed by atoms with Crippen LogP contribution in [0.3, 0.4) is 0 Å². The molecule has 1 aromatic carbocycles. The van der Waals surface area contributed by atoms with Crippen molar-refractivity contribution in [3.63, 3.8) is 0 Å². The summed E-state index contributed by atoms with van der Waals surface area (Å²) in [5, 5.41) is 1.11. The van der Waals surface area contributed by atoms with Crippen molar-refractivity contribution in [3.05, 3.63) is 39.9 Å². The van der Waals surface area contributed by atoms with Crippen LogP contribution in [0.2, 0.25) is 10.0 Å². The maximum atomic E-state index is 12.4. The first-order chi connectivity index (χ1) is 9.50. The second-order valence-corrected chi connectivity index (χ2v) is 6.16. The molecule has 1 aliphatic rings. The fourth-order valence-corrected chi connectivity index (χ4v) is 3.29. The first-order valence-corrected chi connectivity index (χ1v) is 7.70. The van der Waals surface area contributed by atoms with E-state index in [1.165, 1.54) is 6.42 Å². The van der Waals surface area contributed by atoms with Gasteiger partial charge in [0.25, 0.3) is 0 Å². The zero-order chi connectivity index (χ0) is 14.7. The highest BCUT2D eigenvalue weighted by atomic mass is 35.5. The summed E-state index contributed by atoms with van der Waals surface area (Å²) in [7, 11) is 0. The Morgan fingerprint density at radius 1 is 1.20 bits per heavy atom. The number of carbonyl (C=O) groups is 1. The minimum absolute atomic E-state index is 0.0284. The van der Waals surface area contributed by atoms with E-state index in [-0.39, 0.29) is 18.0 Å². The molecule has 1 aliphatic heterocycles. The average Bonchev–Trinajstić information content (AvgIpc) is 2.38. The van der Waals surface area contributed by atoms with E-state index in [0.717, 1.165) is 12.8 Å². The Morgan fingerprint density at radius 3 is 2.30 bits per heavy atom. The Kier molecular flexibility index (Phi) is 5.11. The van der Waals surface area contributed by atoms with Gasteiger partial charge in [-0.15, -0.1) is 0 Å². The topological polar surface area (TPSA) is 20.3 Å². The number of amides is 1. The molecule has 0 N–H and O–H groups in total. The van der Waals surface area contributed by atoms with Crippen molar-refractivity contribution < 1.29 is 4.79 Å². The predicted octanol–water partition coefficient (Wildman–Crippen LogP) is 4.80. The molecule has 20 heavy (non-hydrogen) atoms. The third kappa shape index (κ3) is 3.36. The van der Waals surface area contributed by atoms with Crippen molar-refractivity contribution in [2.45, 2.75) is 45.2 Å². The van der Waals surface area contributed by atoms with E-state index in [2.05, 4.69) is 13.8 Å². The van der Waals surface area contributed by atoms with E-state index in [4.69, 9.17) is 23.2 Å². The number of carbonyl (C=O) groups excluding carboxylic acids is 1. The van der Waals surface area contributed by atoms with Crippen LogP contribution in [-0.4, -0.2) is 22.9 Å². The lowest BCUT2D eigenvalue weighted by Gasteiger charge is -2.38. The first kappa shape index (κ1) is 15.4. The van der Waals surface area contributed by atoms with Crippen molar-refractivity contribution in [3.8, 4) is 0 Å². The summed E-state index contributed by atoms with van der Waals surface area (Å²) in [6, 6.07) is 5.90. The molecule has 1 fully saturated rings. The summed E-state index contributed by atoms with van der Waals surface area (Å²) in [5.74, 6) is 0.0284. The Labute approximate surface area is 130 Å². The van der Waals surface area contributed by atoms with Gasteiger partial charge < -0.3 is 4.90 Å². The summed E-state index contributed by atoms with van der Waals surface area (Å²) >= 11 is 12.2. The second-order valence-electron chi connectivity index (χ2n) is 5.34. The second kappa shape index (κ2) is 6.64. The van der Waals surface area contributed by atoms with Crippen molar-refractivity contribution in [1.29, 1.82) is 0 Å². The lowest BCUT2D eigenvalue weighted by atomic mass is 9.97. The summed E-state index contributed by atoms with van der Waals surface area (Å²) in [5.41, 5.74) is 0.696. The fourth-order valence-electron chi connectivity index (χ4n) is 2.77. The van der Waals surface area contributed by atoms with E-state index in [1.54, 1.807) is 30.4 Å². The van der Waals surface area contributed by atoms with Crippen LogP contribution < -0.4 is 0 Å². The summed E-state index contributed by atoms with van der Waals surface area (Å²) in [6.07, 6.45) is 6.60. The van der Waals surface area contributed by atoms with E-state index in [0.29, 0.717) is 15.6 Å². The quantitative estimate of drug-likeness (QED) is 0.719. The van der Waals surface area contributed by atoms with Crippen LogP contribution in [0.5, 0.6) is 0 Å². The van der Waals surface area contributed by atoms with Crippen molar-refractivity contribution in [2.24, 2.45) is 0 Å². The zero-order valence-corrected chi connectivity index (χ0v) is 13.3. The Morgan fingerprint density at radius 2 is 1.75 bits per heavy atom. The Bertz CT molecular complexity index is 497. The number of benzene rings is 1. The lowest BCUT2D eigenvalue weighted by Crippen LogP contribution is -2.46. The SMILES string of the molecule is C[C@@H]1CCC[C@@H](C)N1C(=O)/C=C\c1c(Cl)cccc1Cl. The molecule has 1 amide bonds. The smallest absolute Gasteiger partial charge is 0.247 e. The fraction of sp³-hybridized carbons (Fsp3) is 0.438. The molecule has 2 nitrogen and oxygen atoms in total. The molecule has 0 saturated carbocycles. The van der Waals surface area contributed by atoms with Crippen molar-refractivity contribution >= 4 is 35.2 Å². The number of piperidine rings is 1. The van der Waals surface area contributed by atoms with Gasteiger partial charge in [0, 0.05) is 33.8 Å². The van der Waals surface area contributed by atoms with Gasteiger partial charge in [-0.05, 0) is 51.3 Å². The number of halogens is 2. The largest absolute Gasteiger partial charge is 0.334 e. The molecule has 0 radical (unpaired) electrons. The average molecular weight is 312 g/mol. The van der Waals surface area contributed by atoms with Crippen LogP contribution in [0.1, 0.15) is 38.7 Å². The van der Waals surface area contributed by atoms with E-state index in [9.17, 15) is 4.79 Å². The predicted molar refractivity (Wildman–Crippen MR) is 85.1 cm³/mol. The molecular formula is C16H19Cl2NO. The standard InChI is InChI=1S/C16H19Cl2NO/c1-11-5-3-6-12(2)19(11)16(20)10-9-13-14(17)7-4-8-15(13)18/h4,7-12H,3,5-6H2,1-2H3/b10-9-/t11-,12-/m1/s1. The van der Waals surface area contributed by atoms with Gasteiger partial charge in [0.05, 0.1) is 0 Å². The van der Waals surface area contributed by atoms with Crippen LogP contribution >= 0.6 is 23.2 Å². The van der Waals surface area contributed by atoms with Gasteiger partial charge in [-0.1, -0.05) is 29.3 Å². The number of nitrogens with zero attached hydrogens (tertiary/aromatic N) is 1. The molecule has 0 bridgehead atoms. The first-order valence-electron chi connectivity index (χ1n) is 6.95. The molecule has 2 atom stereocenters. The van der Waals surface area contributed by atoms with Gasteiger partial charge in [0.2, 0.25) is 5.91 Å². The van der Waals surface area contributed by atoms with E-state index >= 15 is 0 Å². The molecule has 1 aromatic rings. The Balaban J connectivity index is 2.16. The molecule has 0 aromatic heterocycles. The van der Waals surface area contributed by atoms with Crippen molar-refractivity contribution in [2.75, 3.05) is 0 Å². The van der Waals surface area contributed by atoms with Crippen LogP contribution in [0.4, 0.5) is 0 Å². The molecular weight excluding hydrogens is 293 g/mol. The van der Waals surface area contributed by atoms with Gasteiger partial charge in [-0.25, -0.2) is 0 Å². The van der Waals surface area contributed by atoms with Crippen LogP contribution in [0.25, 0.3) is 6.08 Å². The molecule has 1 heterocycles. The monoisotopic (exact) mass is 311 g/mol. The highest BCUT2D eigenvalue weighted by Crippen LogP contribution is 2.26. The summed E-state index contributed by atoms with van der Waals surface area (Å²) < 4.78 is 0. The normalized spacial score (nSPS) is 23.3. The summed E-state index contributed by atoms with van der Waals surface area (Å²) in [6.45, 7) is 4.20. The summed E-state index contributed by atoms with van der Waals surface area (Å²) in [4.78, 5) is 14.3. The molecule has 0 aliphatic carbocycles. The number of hydrogen-bond donors (Lipinski definition) is 0. The zero-order valence-electron chi connectivity index (χ0n) is 11.8. The molecule has 4 heteroatoms. The molecule has 2 rings (SSSR count). The van der Waals surface area contributed by atoms with E-state index in [1.807, 2.05) is 4.90 Å². The molecule has 1 saturated heterocycles. The van der Waals surface area contributed by atoms with Gasteiger partial charge in [-0.2, -0.15) is 0 Å². The molecule has 0 spiro atoms.